The molecule has 1 aliphatic rings. The Labute approximate surface area is 72.6 Å². The molecule has 0 N–H and O–H groups in total. The molecule has 0 amide bonds. The lowest BCUT2D eigenvalue weighted by Gasteiger charge is -2.08. The van der Waals surface area contributed by atoms with E-state index in [9.17, 15) is 0 Å². The second-order valence-electron chi connectivity index (χ2n) is 3.25. The Kier molecular flexibility index (Phi) is 1.75. The maximum Gasteiger partial charge on any atom is 0.128 e. The van der Waals surface area contributed by atoms with Crippen molar-refractivity contribution in [2.24, 2.45) is 0 Å². The number of aryl methyl sites for hydroxylation is 2. The van der Waals surface area contributed by atoms with E-state index in [1.54, 1.807) is 7.11 Å². The molecule has 0 fully saturated rings. The monoisotopic (exact) mass is 163 g/mol. The Hall–Kier alpha value is -1.05. The SMILES string of the molecule is COc1c(C)cnc2c1CCC2. The van der Waals surface area contributed by atoms with Crippen molar-refractivity contribution < 1.29 is 4.74 Å². The Bertz CT molecular complexity index is 307. The first-order chi connectivity index (χ1) is 5.83. The third-order valence-corrected chi connectivity index (χ3v) is 2.44. The van der Waals surface area contributed by atoms with Gasteiger partial charge >= 0.3 is 0 Å². The Morgan fingerprint density at radius 3 is 3.00 bits per heavy atom. The summed E-state index contributed by atoms with van der Waals surface area (Å²) in [6, 6.07) is 0. The van der Waals surface area contributed by atoms with Crippen LogP contribution in [0.2, 0.25) is 0 Å². The molecule has 0 aromatic carbocycles. The maximum atomic E-state index is 5.35. The summed E-state index contributed by atoms with van der Waals surface area (Å²) in [5, 5.41) is 0. The van der Waals surface area contributed by atoms with E-state index in [1.807, 2.05) is 13.1 Å². The molecule has 0 saturated carbocycles. The van der Waals surface area contributed by atoms with Crippen molar-refractivity contribution in [1.29, 1.82) is 0 Å². The molecule has 1 aliphatic carbocycles. The molecule has 0 saturated heterocycles. The van der Waals surface area contributed by atoms with E-state index in [2.05, 4.69) is 4.98 Å². The molecule has 1 heterocycles. The number of fused-ring (bicyclic) bond motifs is 1. The van der Waals surface area contributed by atoms with Gasteiger partial charge in [-0.3, -0.25) is 4.98 Å². The number of methoxy groups -OCH3 is 1. The van der Waals surface area contributed by atoms with E-state index in [4.69, 9.17) is 4.74 Å². The van der Waals surface area contributed by atoms with Gasteiger partial charge in [0.05, 0.1) is 7.11 Å². The van der Waals surface area contributed by atoms with Gasteiger partial charge in [0.2, 0.25) is 0 Å². The lowest BCUT2D eigenvalue weighted by molar-refractivity contribution is 0.406. The molecule has 0 unspecified atom stereocenters. The maximum absolute atomic E-state index is 5.35. The fourth-order valence-corrected chi connectivity index (χ4v) is 1.87. The zero-order valence-corrected chi connectivity index (χ0v) is 7.55. The van der Waals surface area contributed by atoms with Crippen LogP contribution in [-0.2, 0) is 12.8 Å². The average Bonchev–Trinajstić information content (AvgIpc) is 2.52. The summed E-state index contributed by atoms with van der Waals surface area (Å²) < 4.78 is 5.35. The molecule has 0 radical (unpaired) electrons. The molecule has 0 spiro atoms. The van der Waals surface area contributed by atoms with E-state index in [0.717, 1.165) is 24.2 Å². The van der Waals surface area contributed by atoms with Gasteiger partial charge in [0, 0.05) is 23.0 Å². The molecule has 2 heteroatoms. The minimum absolute atomic E-state index is 1.05. The second-order valence-corrected chi connectivity index (χ2v) is 3.25. The number of hydrogen-bond acceptors (Lipinski definition) is 2. The molecule has 0 bridgehead atoms. The highest BCUT2D eigenvalue weighted by Gasteiger charge is 2.17. The quantitative estimate of drug-likeness (QED) is 0.630. The van der Waals surface area contributed by atoms with E-state index in [1.165, 1.54) is 17.7 Å². The molecule has 1 aromatic rings. The van der Waals surface area contributed by atoms with Crippen LogP contribution in [0, 0.1) is 6.92 Å². The Balaban J connectivity index is 2.57. The highest BCUT2D eigenvalue weighted by molar-refractivity contribution is 5.44. The lowest BCUT2D eigenvalue weighted by Crippen LogP contribution is -1.96. The minimum Gasteiger partial charge on any atom is -0.496 e. The van der Waals surface area contributed by atoms with Gasteiger partial charge in [0.15, 0.2) is 0 Å². The number of nitrogens with zero attached hydrogens (tertiary/aromatic N) is 1. The molecule has 2 nitrogen and oxygen atoms in total. The van der Waals surface area contributed by atoms with Crippen LogP contribution in [0.3, 0.4) is 0 Å². The number of ether oxygens (including phenoxy) is 1. The van der Waals surface area contributed by atoms with Gasteiger partial charge in [-0.25, -0.2) is 0 Å². The fourth-order valence-electron chi connectivity index (χ4n) is 1.87. The largest absolute Gasteiger partial charge is 0.496 e. The highest BCUT2D eigenvalue weighted by atomic mass is 16.5. The second kappa shape index (κ2) is 2.77. The molecule has 1 aromatic heterocycles. The summed E-state index contributed by atoms with van der Waals surface area (Å²) in [5.74, 6) is 1.05. The molecule has 64 valence electrons. The van der Waals surface area contributed by atoms with Crippen LogP contribution in [0.15, 0.2) is 6.20 Å². The summed E-state index contributed by atoms with van der Waals surface area (Å²) in [4.78, 5) is 4.39. The molecular weight excluding hydrogens is 150 g/mol. The van der Waals surface area contributed by atoms with E-state index in [0.29, 0.717) is 0 Å². The third-order valence-electron chi connectivity index (χ3n) is 2.44. The summed E-state index contributed by atoms with van der Waals surface area (Å²) in [7, 11) is 1.74. The number of hydrogen-bond donors (Lipinski definition) is 0. The van der Waals surface area contributed by atoms with Crippen LogP contribution in [0.1, 0.15) is 23.2 Å². The van der Waals surface area contributed by atoms with Gasteiger partial charge in [0.25, 0.3) is 0 Å². The number of aromatic nitrogens is 1. The van der Waals surface area contributed by atoms with Crippen LogP contribution in [0.4, 0.5) is 0 Å². The lowest BCUT2D eigenvalue weighted by atomic mass is 10.1. The topological polar surface area (TPSA) is 22.1 Å². The van der Waals surface area contributed by atoms with Crippen LogP contribution < -0.4 is 4.74 Å². The minimum atomic E-state index is 1.05. The molecule has 2 rings (SSSR count). The highest BCUT2D eigenvalue weighted by Crippen LogP contribution is 2.31. The van der Waals surface area contributed by atoms with Crippen LogP contribution >= 0.6 is 0 Å². The predicted octanol–water partition coefficient (Wildman–Crippen LogP) is 1.89. The van der Waals surface area contributed by atoms with Crippen molar-refractivity contribution in [1.82, 2.24) is 4.98 Å². The van der Waals surface area contributed by atoms with Crippen LogP contribution in [-0.4, -0.2) is 12.1 Å². The number of rotatable bonds is 1. The molecule has 0 atom stereocenters. The van der Waals surface area contributed by atoms with E-state index < -0.39 is 0 Å². The van der Waals surface area contributed by atoms with Crippen molar-refractivity contribution in [3.8, 4) is 5.75 Å². The number of pyridine rings is 1. The zero-order valence-electron chi connectivity index (χ0n) is 7.55. The predicted molar refractivity (Wildman–Crippen MR) is 47.6 cm³/mol. The van der Waals surface area contributed by atoms with Gasteiger partial charge in [-0.2, -0.15) is 0 Å². The van der Waals surface area contributed by atoms with Crippen molar-refractivity contribution in [3.63, 3.8) is 0 Å². The van der Waals surface area contributed by atoms with Crippen molar-refractivity contribution in [2.45, 2.75) is 26.2 Å². The van der Waals surface area contributed by atoms with Crippen LogP contribution in [0.5, 0.6) is 5.75 Å². The zero-order chi connectivity index (χ0) is 8.55. The summed E-state index contributed by atoms with van der Waals surface area (Å²) in [6.07, 6.45) is 5.38. The first-order valence-corrected chi connectivity index (χ1v) is 4.34. The van der Waals surface area contributed by atoms with Gasteiger partial charge in [0.1, 0.15) is 5.75 Å². The van der Waals surface area contributed by atoms with Crippen molar-refractivity contribution in [2.75, 3.05) is 7.11 Å². The Morgan fingerprint density at radius 1 is 1.42 bits per heavy atom. The molecule has 12 heavy (non-hydrogen) atoms. The third kappa shape index (κ3) is 0.986. The van der Waals surface area contributed by atoms with Gasteiger partial charge in [-0.15, -0.1) is 0 Å². The Morgan fingerprint density at radius 2 is 2.25 bits per heavy atom. The van der Waals surface area contributed by atoms with Gasteiger partial charge < -0.3 is 4.74 Å². The van der Waals surface area contributed by atoms with Crippen LogP contribution in [0.25, 0.3) is 0 Å². The van der Waals surface area contributed by atoms with Crippen molar-refractivity contribution in [3.05, 3.63) is 23.0 Å². The normalized spacial score (nSPS) is 14.5. The van der Waals surface area contributed by atoms with E-state index >= 15 is 0 Å². The smallest absolute Gasteiger partial charge is 0.128 e. The standard InChI is InChI=1S/C10H13NO/c1-7-6-11-9-5-3-4-8(9)10(7)12-2/h6H,3-5H2,1-2H3. The van der Waals surface area contributed by atoms with Gasteiger partial charge in [-0.05, 0) is 26.2 Å². The summed E-state index contributed by atoms with van der Waals surface area (Å²) in [6.45, 7) is 2.05. The van der Waals surface area contributed by atoms with E-state index in [-0.39, 0.29) is 0 Å². The molecular formula is C10H13NO. The first kappa shape index (κ1) is 7.59. The summed E-state index contributed by atoms with van der Waals surface area (Å²) >= 11 is 0. The fraction of sp³-hybridized carbons (Fsp3) is 0.500. The van der Waals surface area contributed by atoms with Gasteiger partial charge in [-0.1, -0.05) is 0 Å². The summed E-state index contributed by atoms with van der Waals surface area (Å²) in [5.41, 5.74) is 3.72. The first-order valence-electron chi connectivity index (χ1n) is 4.34. The molecule has 0 aliphatic heterocycles. The average molecular weight is 163 g/mol. The van der Waals surface area contributed by atoms with Crippen molar-refractivity contribution >= 4 is 0 Å².